The van der Waals surface area contributed by atoms with Crippen LogP contribution in [0.4, 0.5) is 0 Å². The smallest absolute Gasteiger partial charge is 0.469 e. The molecule has 12 nitrogen and oxygen atoms in total. The summed E-state index contributed by atoms with van der Waals surface area (Å²) < 4.78 is 42.7. The fraction of sp³-hybridized carbons (Fsp3) is 0.812. The first-order chi connectivity index (χ1) is 13.6. The lowest BCUT2D eigenvalue weighted by molar-refractivity contribution is -0.157. The van der Waals surface area contributed by atoms with Crippen LogP contribution < -0.4 is 10.6 Å². The molecule has 0 aromatic heterocycles. The molecule has 1 amide bonds. The molecule has 0 saturated carbocycles. The molecular formula is C16H27N2O10P. The minimum Gasteiger partial charge on any atom is -0.469 e. The molecule has 2 fully saturated rings. The fourth-order valence-corrected chi connectivity index (χ4v) is 4.09. The SMILES string of the molecule is COC(=O)CCNC(=O)[C@@H]1OP(=O)(OCOC(=O)[C@@H]2COC(C)N2)OCC1(C)C. The molecule has 2 rings (SSSR count). The van der Waals surface area contributed by atoms with Crippen molar-refractivity contribution in [2.75, 3.05) is 33.7 Å². The van der Waals surface area contributed by atoms with Crippen molar-refractivity contribution in [3.05, 3.63) is 0 Å². The minimum absolute atomic E-state index is 0.0203. The van der Waals surface area contributed by atoms with Gasteiger partial charge in [0.15, 0.2) is 6.10 Å². The second-order valence-corrected chi connectivity index (χ2v) is 8.84. The van der Waals surface area contributed by atoms with E-state index in [0.717, 1.165) is 0 Å². The molecule has 166 valence electrons. The number of carbonyl (C=O) groups excluding carboxylic acids is 3. The van der Waals surface area contributed by atoms with E-state index in [1.54, 1.807) is 20.8 Å². The maximum Gasteiger partial charge on any atom is 0.478 e. The molecule has 2 aliphatic heterocycles. The van der Waals surface area contributed by atoms with Crippen molar-refractivity contribution in [2.24, 2.45) is 5.41 Å². The summed E-state index contributed by atoms with van der Waals surface area (Å²) >= 11 is 0. The number of hydrogen-bond acceptors (Lipinski definition) is 11. The molecule has 29 heavy (non-hydrogen) atoms. The Bertz CT molecular complexity index is 670. The molecule has 0 spiro atoms. The zero-order valence-electron chi connectivity index (χ0n) is 16.8. The summed E-state index contributed by atoms with van der Waals surface area (Å²) in [6.07, 6.45) is -1.47. The topological polar surface area (TPSA) is 148 Å². The highest BCUT2D eigenvalue weighted by molar-refractivity contribution is 7.48. The van der Waals surface area contributed by atoms with E-state index in [0.29, 0.717) is 0 Å². The van der Waals surface area contributed by atoms with Gasteiger partial charge in [-0.05, 0) is 6.92 Å². The Kier molecular flexibility index (Phi) is 8.15. The van der Waals surface area contributed by atoms with Crippen molar-refractivity contribution in [3.8, 4) is 0 Å². The molecule has 13 heteroatoms. The van der Waals surface area contributed by atoms with Crippen molar-refractivity contribution in [1.82, 2.24) is 10.6 Å². The van der Waals surface area contributed by atoms with E-state index in [1.165, 1.54) is 7.11 Å². The lowest BCUT2D eigenvalue weighted by atomic mass is 9.87. The summed E-state index contributed by atoms with van der Waals surface area (Å²) in [7, 11) is -2.90. The maximum atomic E-state index is 12.7. The van der Waals surface area contributed by atoms with Crippen LogP contribution in [-0.2, 0) is 46.7 Å². The van der Waals surface area contributed by atoms with Gasteiger partial charge < -0.3 is 19.5 Å². The van der Waals surface area contributed by atoms with Gasteiger partial charge in [0.2, 0.25) is 12.7 Å². The van der Waals surface area contributed by atoms with E-state index in [1.807, 2.05) is 0 Å². The number of esters is 2. The zero-order valence-corrected chi connectivity index (χ0v) is 17.7. The first-order valence-electron chi connectivity index (χ1n) is 9.02. The van der Waals surface area contributed by atoms with Crippen molar-refractivity contribution in [3.63, 3.8) is 0 Å². The van der Waals surface area contributed by atoms with Crippen LogP contribution in [-0.4, -0.2) is 69.9 Å². The first kappa shape index (κ1) is 23.7. The number of ether oxygens (including phenoxy) is 3. The van der Waals surface area contributed by atoms with Crippen LogP contribution in [0.15, 0.2) is 0 Å². The van der Waals surface area contributed by atoms with Gasteiger partial charge in [0, 0.05) is 12.0 Å². The highest BCUT2D eigenvalue weighted by Crippen LogP contribution is 2.57. The van der Waals surface area contributed by atoms with Gasteiger partial charge in [-0.3, -0.25) is 28.7 Å². The van der Waals surface area contributed by atoms with E-state index >= 15 is 0 Å². The Morgan fingerprint density at radius 1 is 1.31 bits per heavy atom. The summed E-state index contributed by atoms with van der Waals surface area (Å²) in [5.41, 5.74) is -0.815. The number of amides is 1. The average Bonchev–Trinajstić information content (AvgIpc) is 3.10. The number of carbonyl (C=O) groups is 3. The van der Waals surface area contributed by atoms with E-state index in [9.17, 15) is 18.9 Å². The highest BCUT2D eigenvalue weighted by Gasteiger charge is 2.49. The van der Waals surface area contributed by atoms with Crippen LogP contribution in [0.3, 0.4) is 0 Å². The van der Waals surface area contributed by atoms with Crippen LogP contribution in [0.2, 0.25) is 0 Å². The molecule has 2 N–H and O–H groups in total. The van der Waals surface area contributed by atoms with Gasteiger partial charge >= 0.3 is 19.8 Å². The van der Waals surface area contributed by atoms with Gasteiger partial charge in [-0.15, -0.1) is 0 Å². The van der Waals surface area contributed by atoms with Gasteiger partial charge in [-0.1, -0.05) is 13.8 Å². The second kappa shape index (κ2) is 9.96. The van der Waals surface area contributed by atoms with Crippen LogP contribution in [0.25, 0.3) is 0 Å². The largest absolute Gasteiger partial charge is 0.478 e. The fourth-order valence-electron chi connectivity index (χ4n) is 2.58. The van der Waals surface area contributed by atoms with E-state index in [4.69, 9.17) is 23.0 Å². The third-order valence-corrected chi connectivity index (χ3v) is 5.61. The van der Waals surface area contributed by atoms with Gasteiger partial charge in [0.25, 0.3) is 0 Å². The second-order valence-electron chi connectivity index (χ2n) is 7.22. The van der Waals surface area contributed by atoms with Gasteiger partial charge in [0.05, 0.1) is 26.7 Å². The molecule has 0 aliphatic carbocycles. The van der Waals surface area contributed by atoms with Gasteiger partial charge in [-0.25, -0.2) is 9.09 Å². The lowest BCUT2D eigenvalue weighted by Gasteiger charge is -2.39. The van der Waals surface area contributed by atoms with Crippen molar-refractivity contribution in [2.45, 2.75) is 45.6 Å². The average molecular weight is 438 g/mol. The Hall–Kier alpha value is -1.56. The summed E-state index contributed by atoms with van der Waals surface area (Å²) in [5.74, 6) is -1.70. The molecule has 4 atom stereocenters. The Labute approximate surface area is 168 Å². The lowest BCUT2D eigenvalue weighted by Crippen LogP contribution is -2.50. The van der Waals surface area contributed by atoms with Crippen LogP contribution >= 0.6 is 7.82 Å². The summed E-state index contributed by atoms with van der Waals surface area (Å²) in [4.78, 5) is 35.5. The number of phosphoric acid groups is 1. The number of hydrogen-bond donors (Lipinski definition) is 2. The van der Waals surface area contributed by atoms with Crippen LogP contribution in [0.1, 0.15) is 27.2 Å². The molecule has 2 saturated heterocycles. The molecule has 2 heterocycles. The standard InChI is InChI=1S/C16H27N2O10P/c1-10-18-11(7-24-10)15(21)25-9-27-29(22)26-8-16(2,3)13(28-29)14(20)17-6-5-12(19)23-4/h10-11,13,18H,5-9H2,1-4H3,(H,17,20)/t10?,11-,13-,29?/m0/s1. The van der Waals surface area contributed by atoms with Crippen molar-refractivity contribution in [1.29, 1.82) is 0 Å². The molecule has 0 radical (unpaired) electrons. The van der Waals surface area contributed by atoms with Gasteiger partial charge in [0.1, 0.15) is 12.3 Å². The van der Waals surface area contributed by atoms with Crippen molar-refractivity contribution < 1.29 is 46.7 Å². The Morgan fingerprint density at radius 3 is 2.66 bits per heavy atom. The zero-order chi connectivity index (χ0) is 21.7. The molecular weight excluding hydrogens is 411 g/mol. The Balaban J connectivity index is 1.85. The third kappa shape index (κ3) is 6.73. The van der Waals surface area contributed by atoms with Crippen LogP contribution in [0, 0.1) is 5.41 Å². The summed E-state index contributed by atoms with van der Waals surface area (Å²) in [6.45, 7) is 4.51. The molecule has 2 aliphatic rings. The highest BCUT2D eigenvalue weighted by atomic mass is 31.2. The van der Waals surface area contributed by atoms with E-state index in [-0.39, 0.29) is 32.4 Å². The predicted octanol–water partition coefficient (Wildman–Crippen LogP) is 0.0671. The predicted molar refractivity (Wildman–Crippen MR) is 96.2 cm³/mol. The van der Waals surface area contributed by atoms with Crippen molar-refractivity contribution >= 4 is 25.7 Å². The van der Waals surface area contributed by atoms with E-state index in [2.05, 4.69) is 15.4 Å². The molecule has 2 unspecified atom stereocenters. The number of methoxy groups -OCH3 is 1. The monoisotopic (exact) mass is 438 g/mol. The van der Waals surface area contributed by atoms with E-state index < -0.39 is 50.0 Å². The first-order valence-corrected chi connectivity index (χ1v) is 10.5. The number of rotatable bonds is 8. The molecule has 0 bridgehead atoms. The molecule has 0 aromatic rings. The minimum atomic E-state index is -4.14. The molecule has 0 aromatic carbocycles. The third-order valence-electron chi connectivity index (χ3n) is 4.28. The van der Waals surface area contributed by atoms with Crippen LogP contribution in [0.5, 0.6) is 0 Å². The normalized spacial score (nSPS) is 31.1. The van der Waals surface area contributed by atoms with Gasteiger partial charge in [-0.2, -0.15) is 0 Å². The number of nitrogens with one attached hydrogen (secondary N) is 2. The quantitative estimate of drug-likeness (QED) is 0.301. The number of phosphoric ester groups is 1. The maximum absolute atomic E-state index is 12.7. The summed E-state index contributed by atoms with van der Waals surface area (Å²) in [6, 6.07) is -0.657. The summed E-state index contributed by atoms with van der Waals surface area (Å²) in [5, 5.41) is 5.37. The Morgan fingerprint density at radius 2 is 2.03 bits per heavy atom.